The number of carbonyl (C=O) groups excluding carboxylic acids is 1. The second-order valence-corrected chi connectivity index (χ2v) is 5.83. The lowest BCUT2D eigenvalue weighted by atomic mass is 9.93. The molecule has 0 aliphatic heterocycles. The highest BCUT2D eigenvalue weighted by atomic mass is 19.3. The molecule has 4 nitrogen and oxygen atoms in total. The first-order valence-electron chi connectivity index (χ1n) is 7.96. The van der Waals surface area contributed by atoms with Gasteiger partial charge in [-0.3, -0.25) is 4.79 Å². The van der Waals surface area contributed by atoms with Crippen LogP contribution in [-0.2, 0) is 24.2 Å². The molecule has 0 spiro atoms. The first-order chi connectivity index (χ1) is 11.6. The van der Waals surface area contributed by atoms with E-state index in [1.807, 2.05) is 17.0 Å². The van der Waals surface area contributed by atoms with E-state index < -0.39 is 6.61 Å². The van der Waals surface area contributed by atoms with Crippen LogP contribution in [0.4, 0.5) is 14.5 Å². The summed E-state index contributed by atoms with van der Waals surface area (Å²) in [5.74, 6) is -0.106. The quantitative estimate of drug-likeness (QED) is 0.855. The Hall–Kier alpha value is -2.50. The summed E-state index contributed by atoms with van der Waals surface area (Å²) in [7, 11) is 0. The number of aryl methyl sites for hydroxylation is 2. The van der Waals surface area contributed by atoms with Gasteiger partial charge in [0.15, 0.2) is 12.4 Å². The zero-order valence-corrected chi connectivity index (χ0v) is 13.2. The van der Waals surface area contributed by atoms with Crippen LogP contribution in [0.5, 0.6) is 5.75 Å². The highest BCUT2D eigenvalue weighted by molar-refractivity contribution is 5.89. The number of halogens is 2. The zero-order valence-electron chi connectivity index (χ0n) is 13.2. The molecule has 0 saturated carbocycles. The molecule has 0 bridgehead atoms. The van der Waals surface area contributed by atoms with Crippen molar-refractivity contribution >= 4 is 11.6 Å². The number of pyridine rings is 1. The highest BCUT2D eigenvalue weighted by Crippen LogP contribution is 2.19. The van der Waals surface area contributed by atoms with E-state index in [9.17, 15) is 13.6 Å². The number of rotatable bonds is 5. The van der Waals surface area contributed by atoms with Gasteiger partial charge in [0.05, 0.1) is 0 Å². The van der Waals surface area contributed by atoms with Gasteiger partial charge in [0.1, 0.15) is 5.75 Å². The molecule has 0 unspecified atom stereocenters. The first kappa shape index (κ1) is 16.4. The standard InChI is InChI=1S/C18H18F2N2O2/c19-18(20)24-16-7-5-15(6-8-16)21-17(23)12-22-10-9-13-3-1-2-4-14(13)11-22/h5-11,18H,1-4,12H2/p+1. The van der Waals surface area contributed by atoms with Gasteiger partial charge in [-0.25, -0.2) is 0 Å². The molecule has 1 heterocycles. The van der Waals surface area contributed by atoms with Crippen molar-refractivity contribution in [1.29, 1.82) is 0 Å². The molecule has 126 valence electrons. The number of ether oxygens (including phenoxy) is 1. The fourth-order valence-electron chi connectivity index (χ4n) is 2.90. The third-order valence-electron chi connectivity index (χ3n) is 4.03. The van der Waals surface area contributed by atoms with Gasteiger partial charge < -0.3 is 10.1 Å². The summed E-state index contributed by atoms with van der Waals surface area (Å²) in [5, 5.41) is 2.75. The average molecular weight is 333 g/mol. The van der Waals surface area contributed by atoms with Gasteiger partial charge in [0, 0.05) is 17.3 Å². The molecule has 24 heavy (non-hydrogen) atoms. The topological polar surface area (TPSA) is 42.2 Å². The maximum absolute atomic E-state index is 12.1. The van der Waals surface area contributed by atoms with Crippen LogP contribution < -0.4 is 14.6 Å². The molecular formula is C18H19F2N2O2+. The Kier molecular flexibility index (Phi) is 5.03. The number of anilines is 1. The lowest BCUT2D eigenvalue weighted by Crippen LogP contribution is -2.40. The van der Waals surface area contributed by atoms with Crippen molar-refractivity contribution in [2.45, 2.75) is 38.8 Å². The summed E-state index contributed by atoms with van der Waals surface area (Å²) < 4.78 is 30.3. The van der Waals surface area contributed by atoms with Crippen LogP contribution in [0.1, 0.15) is 24.0 Å². The summed E-state index contributed by atoms with van der Waals surface area (Å²) in [5.41, 5.74) is 3.22. The van der Waals surface area contributed by atoms with Crippen molar-refractivity contribution in [3.8, 4) is 5.75 Å². The number of hydrogen-bond donors (Lipinski definition) is 1. The zero-order chi connectivity index (χ0) is 16.9. The fraction of sp³-hybridized carbons (Fsp3) is 0.333. The summed E-state index contributed by atoms with van der Waals surface area (Å²) in [6.07, 6.45) is 8.54. The van der Waals surface area contributed by atoms with E-state index in [1.54, 1.807) is 0 Å². The van der Waals surface area contributed by atoms with Crippen molar-refractivity contribution in [1.82, 2.24) is 0 Å². The Labute approximate surface area is 139 Å². The van der Waals surface area contributed by atoms with Gasteiger partial charge in [0.25, 0.3) is 5.91 Å². The number of benzene rings is 1. The Bertz CT molecular complexity index is 717. The second-order valence-electron chi connectivity index (χ2n) is 5.83. The molecule has 2 aromatic rings. The maximum Gasteiger partial charge on any atom is 0.387 e. The van der Waals surface area contributed by atoms with Gasteiger partial charge in [-0.15, -0.1) is 0 Å². The number of nitrogens with one attached hydrogen (secondary N) is 1. The van der Waals surface area contributed by atoms with Crippen molar-refractivity contribution in [2.75, 3.05) is 5.32 Å². The number of carbonyl (C=O) groups is 1. The SMILES string of the molecule is O=C(C[n+]1ccc2c(c1)CCCC2)Nc1ccc(OC(F)F)cc1. The van der Waals surface area contributed by atoms with Gasteiger partial charge in [-0.1, -0.05) is 0 Å². The molecule has 1 aliphatic rings. The molecular weight excluding hydrogens is 314 g/mol. The minimum atomic E-state index is -2.86. The Morgan fingerprint density at radius 3 is 2.54 bits per heavy atom. The van der Waals surface area contributed by atoms with Crippen molar-refractivity contribution in [2.24, 2.45) is 0 Å². The summed E-state index contributed by atoms with van der Waals surface area (Å²) in [4.78, 5) is 12.1. The minimum absolute atomic E-state index is 0.0621. The number of fused-ring (bicyclic) bond motifs is 1. The number of nitrogens with zero attached hydrogens (tertiary/aromatic N) is 1. The van der Waals surface area contributed by atoms with Crippen LogP contribution in [0.25, 0.3) is 0 Å². The number of aromatic nitrogens is 1. The number of hydrogen-bond acceptors (Lipinski definition) is 2. The first-order valence-corrected chi connectivity index (χ1v) is 7.96. The van der Waals surface area contributed by atoms with E-state index >= 15 is 0 Å². The molecule has 0 fully saturated rings. The highest BCUT2D eigenvalue weighted by Gasteiger charge is 2.16. The van der Waals surface area contributed by atoms with E-state index in [-0.39, 0.29) is 18.2 Å². The third kappa shape index (κ3) is 4.28. The minimum Gasteiger partial charge on any atom is -0.435 e. The van der Waals surface area contributed by atoms with Gasteiger partial charge in [-0.05, 0) is 55.5 Å². The van der Waals surface area contributed by atoms with E-state index in [0.29, 0.717) is 5.69 Å². The van der Waals surface area contributed by atoms with Crippen LogP contribution in [0, 0.1) is 0 Å². The predicted molar refractivity (Wildman–Crippen MR) is 85.0 cm³/mol. The van der Waals surface area contributed by atoms with Crippen LogP contribution in [-0.4, -0.2) is 12.5 Å². The van der Waals surface area contributed by atoms with Crippen LogP contribution in [0.2, 0.25) is 0 Å². The third-order valence-corrected chi connectivity index (χ3v) is 4.03. The largest absolute Gasteiger partial charge is 0.435 e. The Morgan fingerprint density at radius 1 is 1.12 bits per heavy atom. The molecule has 1 aromatic carbocycles. The monoisotopic (exact) mass is 333 g/mol. The summed E-state index contributed by atoms with van der Waals surface area (Å²) >= 11 is 0. The number of amides is 1. The van der Waals surface area contributed by atoms with Gasteiger partial charge in [0.2, 0.25) is 6.54 Å². The molecule has 0 radical (unpaired) electrons. The van der Waals surface area contributed by atoms with Crippen molar-refractivity contribution < 1.29 is 22.9 Å². The van der Waals surface area contributed by atoms with Gasteiger partial charge in [-0.2, -0.15) is 13.3 Å². The van der Waals surface area contributed by atoms with Crippen molar-refractivity contribution in [3.05, 3.63) is 53.9 Å². The number of alkyl halides is 2. The molecule has 1 aromatic heterocycles. The summed E-state index contributed by atoms with van der Waals surface area (Å²) in [6, 6.07) is 7.94. The Balaban J connectivity index is 1.59. The summed E-state index contributed by atoms with van der Waals surface area (Å²) in [6.45, 7) is -2.64. The van der Waals surface area contributed by atoms with E-state index in [4.69, 9.17) is 0 Å². The van der Waals surface area contributed by atoms with Crippen LogP contribution in [0.3, 0.4) is 0 Å². The smallest absolute Gasteiger partial charge is 0.387 e. The van der Waals surface area contributed by atoms with Crippen LogP contribution in [0.15, 0.2) is 42.7 Å². The lowest BCUT2D eigenvalue weighted by Gasteiger charge is -2.13. The average Bonchev–Trinajstić information content (AvgIpc) is 2.56. The molecule has 1 amide bonds. The fourth-order valence-corrected chi connectivity index (χ4v) is 2.90. The maximum atomic E-state index is 12.1. The molecule has 1 aliphatic carbocycles. The second kappa shape index (κ2) is 7.38. The van der Waals surface area contributed by atoms with Crippen molar-refractivity contribution in [3.63, 3.8) is 0 Å². The molecule has 6 heteroatoms. The molecule has 0 saturated heterocycles. The van der Waals surface area contributed by atoms with E-state index in [1.165, 1.54) is 48.2 Å². The van der Waals surface area contributed by atoms with Crippen LogP contribution >= 0.6 is 0 Å². The van der Waals surface area contributed by atoms with Gasteiger partial charge >= 0.3 is 6.61 Å². The predicted octanol–water partition coefficient (Wildman–Crippen LogP) is 3.09. The molecule has 3 rings (SSSR count). The van der Waals surface area contributed by atoms with E-state index in [0.717, 1.165) is 12.8 Å². The van der Waals surface area contributed by atoms with E-state index in [2.05, 4.69) is 16.1 Å². The molecule has 0 atom stereocenters. The molecule has 1 N–H and O–H groups in total. The Morgan fingerprint density at radius 2 is 1.83 bits per heavy atom. The normalized spacial score (nSPS) is 13.5. The lowest BCUT2D eigenvalue weighted by molar-refractivity contribution is -0.684.